The minimum Gasteiger partial charge on any atom is -0.462 e. The standard InChI is InChI=1S/C45H88NO8P/c1-3-5-7-9-11-13-15-17-19-20-21-22-24-26-28-30-32-34-36-38-45(48)54-43(42-53-55(49,50)52-40-39-46)41-51-44(47)37-35-33-31-29-27-25-23-18-16-14-12-10-8-6-4-2/h18,23,43H,3-17,19-22,24-42,46H2,1-2H3,(H,49,50)/b23-18-. The van der Waals surface area contributed by atoms with E-state index in [-0.39, 0.29) is 38.6 Å². The average molecular weight is 802 g/mol. The lowest BCUT2D eigenvalue weighted by atomic mass is 10.0. The summed E-state index contributed by atoms with van der Waals surface area (Å²) in [6, 6.07) is 0. The Morgan fingerprint density at radius 2 is 0.891 bits per heavy atom. The Labute approximate surface area is 339 Å². The molecule has 0 aliphatic carbocycles. The average Bonchev–Trinajstić information content (AvgIpc) is 3.17. The number of allylic oxidation sites excluding steroid dienone is 2. The number of phosphoric ester groups is 1. The fraction of sp³-hybridized carbons (Fsp3) is 0.911. The van der Waals surface area contributed by atoms with E-state index in [1.165, 1.54) is 148 Å². The zero-order valence-corrected chi connectivity index (χ0v) is 36.8. The minimum absolute atomic E-state index is 0.0553. The van der Waals surface area contributed by atoms with E-state index in [9.17, 15) is 19.0 Å². The summed E-state index contributed by atoms with van der Waals surface area (Å²) in [7, 11) is -4.37. The van der Waals surface area contributed by atoms with Crippen LogP contribution in [0.15, 0.2) is 12.2 Å². The van der Waals surface area contributed by atoms with Crippen molar-refractivity contribution in [1.82, 2.24) is 0 Å². The van der Waals surface area contributed by atoms with Gasteiger partial charge in [0.05, 0.1) is 13.2 Å². The highest BCUT2D eigenvalue weighted by Gasteiger charge is 2.26. The first-order valence-corrected chi connectivity index (χ1v) is 24.7. The molecule has 0 saturated carbocycles. The van der Waals surface area contributed by atoms with Gasteiger partial charge in [-0.3, -0.25) is 18.6 Å². The Morgan fingerprint density at radius 1 is 0.527 bits per heavy atom. The van der Waals surface area contributed by atoms with Crippen LogP contribution in [0.1, 0.15) is 232 Å². The highest BCUT2D eigenvalue weighted by Crippen LogP contribution is 2.43. The molecular formula is C45H88NO8P. The second-order valence-electron chi connectivity index (χ2n) is 15.6. The van der Waals surface area contributed by atoms with Crippen molar-refractivity contribution in [2.45, 2.75) is 238 Å². The Morgan fingerprint density at radius 3 is 1.29 bits per heavy atom. The normalized spacial score (nSPS) is 13.3. The van der Waals surface area contributed by atoms with Gasteiger partial charge in [-0.1, -0.05) is 193 Å². The molecule has 0 aromatic carbocycles. The van der Waals surface area contributed by atoms with Crippen LogP contribution in [0.4, 0.5) is 0 Å². The predicted molar refractivity (Wildman–Crippen MR) is 229 cm³/mol. The Bertz CT molecular complexity index is 917. The second-order valence-corrected chi connectivity index (χ2v) is 17.1. The fourth-order valence-corrected chi connectivity index (χ4v) is 7.45. The summed E-state index contributed by atoms with van der Waals surface area (Å²) in [5, 5.41) is 0. The summed E-state index contributed by atoms with van der Waals surface area (Å²) >= 11 is 0. The Kier molecular flexibility index (Phi) is 41.4. The van der Waals surface area contributed by atoms with Crippen molar-refractivity contribution >= 4 is 19.8 Å². The fourth-order valence-electron chi connectivity index (χ4n) is 6.69. The van der Waals surface area contributed by atoms with Crippen molar-refractivity contribution < 1.29 is 37.6 Å². The van der Waals surface area contributed by atoms with Crippen molar-refractivity contribution in [3.63, 3.8) is 0 Å². The van der Waals surface area contributed by atoms with Crippen LogP contribution < -0.4 is 5.73 Å². The van der Waals surface area contributed by atoms with Gasteiger partial charge in [-0.2, -0.15) is 0 Å². The maximum Gasteiger partial charge on any atom is 0.472 e. The van der Waals surface area contributed by atoms with Crippen LogP contribution in [0.5, 0.6) is 0 Å². The van der Waals surface area contributed by atoms with Crippen LogP contribution in [0.3, 0.4) is 0 Å². The molecule has 0 aromatic heterocycles. The van der Waals surface area contributed by atoms with Gasteiger partial charge in [0.15, 0.2) is 6.10 Å². The molecule has 2 atom stereocenters. The van der Waals surface area contributed by atoms with Gasteiger partial charge in [0.1, 0.15) is 6.61 Å². The molecule has 0 spiro atoms. The van der Waals surface area contributed by atoms with Gasteiger partial charge >= 0.3 is 19.8 Å². The zero-order chi connectivity index (χ0) is 40.3. The number of hydrogen-bond donors (Lipinski definition) is 2. The molecule has 0 heterocycles. The first kappa shape index (κ1) is 53.8. The van der Waals surface area contributed by atoms with Crippen LogP contribution in [0, 0.1) is 0 Å². The molecule has 0 bridgehead atoms. The third-order valence-corrected chi connectivity index (χ3v) is 11.1. The zero-order valence-electron chi connectivity index (χ0n) is 35.9. The first-order valence-electron chi connectivity index (χ1n) is 23.2. The maximum absolute atomic E-state index is 12.6. The number of hydrogen-bond acceptors (Lipinski definition) is 8. The monoisotopic (exact) mass is 802 g/mol. The molecule has 2 unspecified atom stereocenters. The largest absolute Gasteiger partial charge is 0.472 e. The number of nitrogens with two attached hydrogens (primary N) is 1. The van der Waals surface area contributed by atoms with Crippen LogP contribution in [0.2, 0.25) is 0 Å². The topological polar surface area (TPSA) is 134 Å². The number of esters is 2. The van der Waals surface area contributed by atoms with Crippen molar-refractivity contribution in [2.24, 2.45) is 5.73 Å². The van der Waals surface area contributed by atoms with E-state index < -0.39 is 26.5 Å². The van der Waals surface area contributed by atoms with Gasteiger partial charge in [0.2, 0.25) is 0 Å². The summed E-state index contributed by atoms with van der Waals surface area (Å²) < 4.78 is 32.8. The van der Waals surface area contributed by atoms with Crippen LogP contribution in [-0.2, 0) is 32.7 Å². The van der Waals surface area contributed by atoms with E-state index in [2.05, 4.69) is 26.0 Å². The number of ether oxygens (including phenoxy) is 2. The van der Waals surface area contributed by atoms with E-state index >= 15 is 0 Å². The Hall–Kier alpha value is -1.25. The lowest BCUT2D eigenvalue weighted by Gasteiger charge is -2.19. The summed E-state index contributed by atoms with van der Waals surface area (Å²) in [4.78, 5) is 34.9. The number of phosphoric acid groups is 1. The van der Waals surface area contributed by atoms with Gasteiger partial charge in [-0.05, 0) is 38.5 Å². The maximum atomic E-state index is 12.6. The molecule has 0 amide bonds. The van der Waals surface area contributed by atoms with E-state index in [4.69, 9.17) is 24.3 Å². The number of carbonyl (C=O) groups is 2. The molecule has 10 heteroatoms. The smallest absolute Gasteiger partial charge is 0.462 e. The van der Waals surface area contributed by atoms with Gasteiger partial charge in [-0.15, -0.1) is 0 Å². The Balaban J connectivity index is 4.08. The van der Waals surface area contributed by atoms with E-state index in [1.54, 1.807) is 0 Å². The molecule has 0 rings (SSSR count). The van der Waals surface area contributed by atoms with Crippen molar-refractivity contribution in [3.05, 3.63) is 12.2 Å². The van der Waals surface area contributed by atoms with Gasteiger partial charge in [0.25, 0.3) is 0 Å². The van der Waals surface area contributed by atoms with Crippen molar-refractivity contribution in [3.8, 4) is 0 Å². The summed E-state index contributed by atoms with van der Waals surface area (Å²) in [5.41, 5.74) is 5.35. The minimum atomic E-state index is -4.37. The second kappa shape index (κ2) is 42.4. The van der Waals surface area contributed by atoms with Gasteiger partial charge < -0.3 is 20.1 Å². The molecule has 0 aromatic rings. The van der Waals surface area contributed by atoms with Crippen LogP contribution in [0.25, 0.3) is 0 Å². The molecule has 0 radical (unpaired) electrons. The molecule has 0 fully saturated rings. The summed E-state index contributed by atoms with van der Waals surface area (Å²) in [5.74, 6) is -0.825. The van der Waals surface area contributed by atoms with Gasteiger partial charge in [-0.25, -0.2) is 4.57 Å². The predicted octanol–water partition coefficient (Wildman–Crippen LogP) is 13.4. The SMILES string of the molecule is CCCCCCCC/C=C\CCCCCCCC(=O)OCC(COP(=O)(O)OCCN)OC(=O)CCCCCCCCCCCCCCCCCCCCC. The van der Waals surface area contributed by atoms with Crippen molar-refractivity contribution in [2.75, 3.05) is 26.4 Å². The molecule has 0 aliphatic heterocycles. The molecule has 9 nitrogen and oxygen atoms in total. The molecule has 0 saturated heterocycles. The number of rotatable bonds is 44. The van der Waals surface area contributed by atoms with Crippen LogP contribution in [-0.4, -0.2) is 49.3 Å². The molecule has 326 valence electrons. The highest BCUT2D eigenvalue weighted by atomic mass is 31.2. The van der Waals surface area contributed by atoms with E-state index in [1.807, 2.05) is 0 Å². The summed E-state index contributed by atoms with van der Waals surface area (Å²) in [6.07, 6.45) is 43.8. The van der Waals surface area contributed by atoms with Crippen LogP contribution >= 0.6 is 7.82 Å². The summed E-state index contributed by atoms with van der Waals surface area (Å²) in [6.45, 7) is 3.76. The van der Waals surface area contributed by atoms with E-state index in [0.717, 1.165) is 51.4 Å². The van der Waals surface area contributed by atoms with Crippen molar-refractivity contribution in [1.29, 1.82) is 0 Å². The lowest BCUT2D eigenvalue weighted by Crippen LogP contribution is -2.29. The molecule has 3 N–H and O–H groups in total. The lowest BCUT2D eigenvalue weighted by molar-refractivity contribution is -0.161. The third-order valence-electron chi connectivity index (χ3n) is 10.2. The molecular weight excluding hydrogens is 713 g/mol. The van der Waals surface area contributed by atoms with Gasteiger partial charge in [0, 0.05) is 19.4 Å². The number of carbonyl (C=O) groups excluding carboxylic acids is 2. The third kappa shape index (κ3) is 42.2. The van der Waals surface area contributed by atoms with E-state index in [0.29, 0.717) is 6.42 Å². The highest BCUT2D eigenvalue weighted by molar-refractivity contribution is 7.47. The molecule has 0 aliphatic rings. The first-order chi connectivity index (χ1) is 26.8. The number of unbranched alkanes of at least 4 members (excludes halogenated alkanes) is 29. The quantitative estimate of drug-likeness (QED) is 0.0267. The molecule has 55 heavy (non-hydrogen) atoms.